The van der Waals surface area contributed by atoms with Crippen molar-refractivity contribution in [2.24, 2.45) is 11.8 Å². The van der Waals surface area contributed by atoms with Crippen LogP contribution in [-0.2, 0) is 20.8 Å². The zero-order chi connectivity index (χ0) is 26.3. The van der Waals surface area contributed by atoms with Crippen LogP contribution in [0.15, 0.2) is 54.6 Å². The Balaban J connectivity index is 1.62. The van der Waals surface area contributed by atoms with E-state index in [1.165, 1.54) is 0 Å². The van der Waals surface area contributed by atoms with E-state index in [4.69, 9.17) is 0 Å². The van der Waals surface area contributed by atoms with Gasteiger partial charge in [-0.2, -0.15) is 0 Å². The van der Waals surface area contributed by atoms with Gasteiger partial charge in [0.25, 0.3) is 0 Å². The maximum Gasteiger partial charge on any atom is 0.247 e. The highest BCUT2D eigenvalue weighted by atomic mass is 32.2. The maximum absolute atomic E-state index is 14.5. The third-order valence-electron chi connectivity index (χ3n) is 8.25. The number of likely N-dealkylation sites (tertiary alicyclic amines) is 1. The smallest absolute Gasteiger partial charge is 0.247 e. The molecule has 0 radical (unpaired) electrons. The minimum atomic E-state index is -0.855. The fourth-order valence-corrected chi connectivity index (χ4v) is 8.61. The standard InChI is InChI=1S/C29H37N3O4S/c1-4-14-30-15-8-12-22-23(26(30)34)24-27(35)32(21(18-33)17-20-10-6-5-7-11-20)25-28(36)31(19(2)3)16-9-13-29(24,25)37-22/h5-13,19,21-25,33H,4,14-18H2,1-3H3/t21-,22-,23+,24+,25?,29+/m1/s1. The van der Waals surface area contributed by atoms with Crippen molar-refractivity contribution in [2.75, 3.05) is 26.2 Å². The van der Waals surface area contributed by atoms with E-state index in [0.29, 0.717) is 26.1 Å². The van der Waals surface area contributed by atoms with Gasteiger partial charge in [0.05, 0.1) is 29.2 Å². The predicted octanol–water partition coefficient (Wildman–Crippen LogP) is 2.50. The first kappa shape index (κ1) is 26.0. The Morgan fingerprint density at radius 1 is 1.05 bits per heavy atom. The highest BCUT2D eigenvalue weighted by Gasteiger charge is 2.71. The van der Waals surface area contributed by atoms with E-state index in [1.54, 1.807) is 16.7 Å². The van der Waals surface area contributed by atoms with E-state index >= 15 is 0 Å². The van der Waals surface area contributed by atoms with E-state index < -0.39 is 28.7 Å². The molecule has 37 heavy (non-hydrogen) atoms. The molecule has 4 heterocycles. The molecule has 1 spiro atoms. The Morgan fingerprint density at radius 3 is 2.49 bits per heavy atom. The van der Waals surface area contributed by atoms with Crippen molar-refractivity contribution in [3.8, 4) is 0 Å². The maximum atomic E-state index is 14.5. The number of benzene rings is 1. The second-order valence-corrected chi connectivity index (χ2v) is 12.3. The fraction of sp³-hybridized carbons (Fsp3) is 0.552. The van der Waals surface area contributed by atoms with E-state index in [2.05, 4.69) is 6.08 Å². The molecule has 2 saturated heterocycles. The van der Waals surface area contributed by atoms with Gasteiger partial charge in [-0.1, -0.05) is 61.6 Å². The molecule has 0 bridgehead atoms. The average molecular weight is 524 g/mol. The van der Waals surface area contributed by atoms with Gasteiger partial charge in [-0.25, -0.2) is 0 Å². The third-order valence-corrected chi connectivity index (χ3v) is 9.99. The molecule has 1 N–H and O–H groups in total. The van der Waals surface area contributed by atoms with Gasteiger partial charge in [-0.3, -0.25) is 14.4 Å². The second-order valence-electron chi connectivity index (χ2n) is 10.8. The topological polar surface area (TPSA) is 81.2 Å². The Labute approximate surface area is 223 Å². The van der Waals surface area contributed by atoms with Crippen LogP contribution in [0, 0.1) is 11.8 Å². The van der Waals surface area contributed by atoms with Crippen molar-refractivity contribution < 1.29 is 19.5 Å². The van der Waals surface area contributed by atoms with E-state index in [-0.39, 0.29) is 35.6 Å². The molecule has 6 atom stereocenters. The van der Waals surface area contributed by atoms with E-state index in [0.717, 1.165) is 12.0 Å². The number of rotatable bonds is 7. The van der Waals surface area contributed by atoms with Crippen LogP contribution in [-0.4, -0.2) is 91.9 Å². The molecular weight excluding hydrogens is 486 g/mol. The lowest BCUT2D eigenvalue weighted by molar-refractivity contribution is -0.147. The van der Waals surface area contributed by atoms with Gasteiger partial charge in [0.2, 0.25) is 17.7 Å². The van der Waals surface area contributed by atoms with Crippen molar-refractivity contribution in [3.63, 3.8) is 0 Å². The Bertz CT molecular complexity index is 1110. The minimum absolute atomic E-state index is 0.00501. The average Bonchev–Trinajstić information content (AvgIpc) is 3.20. The number of thioether (sulfide) groups is 1. The first-order chi connectivity index (χ1) is 17.8. The van der Waals surface area contributed by atoms with Crippen LogP contribution in [0.1, 0.15) is 32.8 Å². The van der Waals surface area contributed by atoms with Crippen molar-refractivity contribution in [2.45, 2.75) is 61.7 Å². The number of nitrogens with zero attached hydrogens (tertiary/aromatic N) is 3. The summed E-state index contributed by atoms with van der Waals surface area (Å²) in [5, 5.41) is 10.4. The number of fused-ring (bicyclic) bond motifs is 2. The molecule has 1 aromatic carbocycles. The summed E-state index contributed by atoms with van der Waals surface area (Å²) in [5.41, 5.74) is 0.992. The molecule has 0 aromatic heterocycles. The minimum Gasteiger partial charge on any atom is -0.394 e. The lowest BCUT2D eigenvalue weighted by atomic mass is 9.78. The highest BCUT2D eigenvalue weighted by molar-refractivity contribution is 8.02. The van der Waals surface area contributed by atoms with Crippen LogP contribution in [0.3, 0.4) is 0 Å². The predicted molar refractivity (Wildman–Crippen MR) is 145 cm³/mol. The lowest BCUT2D eigenvalue weighted by Crippen LogP contribution is -2.57. The number of carbonyl (C=O) groups excluding carboxylic acids is 3. The third kappa shape index (κ3) is 4.22. The Morgan fingerprint density at radius 2 is 1.81 bits per heavy atom. The monoisotopic (exact) mass is 523 g/mol. The first-order valence-electron chi connectivity index (χ1n) is 13.4. The Kier molecular flexibility index (Phi) is 7.24. The molecule has 2 fully saturated rings. The number of hydrogen-bond acceptors (Lipinski definition) is 5. The zero-order valence-corrected chi connectivity index (χ0v) is 22.6. The summed E-state index contributed by atoms with van der Waals surface area (Å²) in [6.45, 7) is 7.41. The summed E-state index contributed by atoms with van der Waals surface area (Å²) in [6.07, 6.45) is 9.44. The summed E-state index contributed by atoms with van der Waals surface area (Å²) in [5.74, 6) is -1.49. The number of aliphatic hydroxyl groups is 1. The summed E-state index contributed by atoms with van der Waals surface area (Å²) in [6, 6.07) is 8.38. The number of aliphatic hydroxyl groups excluding tert-OH is 1. The molecule has 0 aliphatic carbocycles. The molecule has 7 nitrogen and oxygen atoms in total. The second kappa shape index (κ2) is 10.3. The first-order valence-corrected chi connectivity index (χ1v) is 14.3. The van der Waals surface area contributed by atoms with Crippen molar-refractivity contribution in [3.05, 3.63) is 60.2 Å². The van der Waals surface area contributed by atoms with Crippen molar-refractivity contribution in [1.29, 1.82) is 0 Å². The largest absolute Gasteiger partial charge is 0.394 e. The van der Waals surface area contributed by atoms with Crippen LogP contribution < -0.4 is 0 Å². The van der Waals surface area contributed by atoms with Crippen molar-refractivity contribution in [1.82, 2.24) is 14.7 Å². The quantitative estimate of drug-likeness (QED) is 0.556. The van der Waals surface area contributed by atoms with Gasteiger partial charge in [0.1, 0.15) is 6.04 Å². The summed E-state index contributed by atoms with van der Waals surface area (Å²) >= 11 is 1.59. The molecule has 8 heteroatoms. The van der Waals surface area contributed by atoms with E-state index in [1.807, 2.05) is 79.1 Å². The molecular formula is C29H37N3O4S. The number of hydrogen-bond donors (Lipinski definition) is 1. The molecule has 3 amide bonds. The summed E-state index contributed by atoms with van der Waals surface area (Å²) in [4.78, 5) is 47.9. The van der Waals surface area contributed by atoms with E-state index in [9.17, 15) is 19.5 Å². The van der Waals surface area contributed by atoms with Gasteiger partial charge in [-0.15, -0.1) is 11.8 Å². The van der Waals surface area contributed by atoms with Gasteiger partial charge < -0.3 is 19.8 Å². The molecule has 1 unspecified atom stereocenters. The SMILES string of the molecule is CCCN1CC=C[C@H]2S[C@]34C=CCN(C(C)C)C(=O)C3N([C@@H](CO)Cc3ccccc3)C(=O)[C@@H]4[C@H]2C1=O. The van der Waals surface area contributed by atoms with Crippen LogP contribution in [0.4, 0.5) is 0 Å². The van der Waals surface area contributed by atoms with Crippen LogP contribution in [0.25, 0.3) is 0 Å². The molecule has 4 aliphatic heterocycles. The zero-order valence-electron chi connectivity index (χ0n) is 21.8. The number of amides is 3. The molecule has 1 aromatic rings. The Hall–Kier alpha value is -2.58. The number of carbonyl (C=O) groups is 3. The summed E-state index contributed by atoms with van der Waals surface area (Å²) < 4.78 is -0.855. The molecule has 0 saturated carbocycles. The highest BCUT2D eigenvalue weighted by Crippen LogP contribution is 2.61. The van der Waals surface area contributed by atoms with Gasteiger partial charge >= 0.3 is 0 Å². The fourth-order valence-electron chi connectivity index (χ4n) is 6.61. The van der Waals surface area contributed by atoms with Crippen LogP contribution in [0.5, 0.6) is 0 Å². The lowest BCUT2D eigenvalue weighted by Gasteiger charge is -2.39. The van der Waals surface area contributed by atoms with Gasteiger partial charge in [0.15, 0.2) is 0 Å². The van der Waals surface area contributed by atoms with Crippen molar-refractivity contribution >= 4 is 29.5 Å². The van der Waals surface area contributed by atoms with Gasteiger partial charge in [-0.05, 0) is 32.3 Å². The van der Waals surface area contributed by atoms with Gasteiger partial charge in [0, 0.05) is 30.9 Å². The molecule has 4 aliphatic rings. The molecule has 198 valence electrons. The normalized spacial score (nSPS) is 31.9. The molecule has 5 rings (SSSR count). The van der Waals surface area contributed by atoms with Crippen LogP contribution >= 0.6 is 11.8 Å². The summed E-state index contributed by atoms with van der Waals surface area (Å²) in [7, 11) is 0. The van der Waals surface area contributed by atoms with Crippen LogP contribution in [0.2, 0.25) is 0 Å².